The fourth-order valence-electron chi connectivity index (χ4n) is 9.71. The second-order valence-corrected chi connectivity index (χ2v) is 15.4. The van der Waals surface area contributed by atoms with Gasteiger partial charge in [-0.1, -0.05) is 103 Å². The molecule has 2 aliphatic carbocycles. The van der Waals surface area contributed by atoms with Gasteiger partial charge in [-0.25, -0.2) is 0 Å². The van der Waals surface area contributed by atoms with Gasteiger partial charge in [0.2, 0.25) is 0 Å². The van der Waals surface area contributed by atoms with Crippen molar-refractivity contribution >= 4 is 55.8 Å². The smallest absolute Gasteiger partial charge is 0.0541 e. The molecule has 4 nitrogen and oxygen atoms in total. The molecule has 57 heavy (non-hydrogen) atoms. The minimum Gasteiger partial charge on any atom is -0.313 e. The molecule has 0 fully saturated rings. The van der Waals surface area contributed by atoms with Crippen molar-refractivity contribution in [3.63, 3.8) is 0 Å². The summed E-state index contributed by atoms with van der Waals surface area (Å²) in [6, 6.07) is 53.6. The monoisotopic (exact) mass is 730 g/mol. The van der Waals surface area contributed by atoms with Crippen molar-refractivity contribution in [2.24, 2.45) is 0 Å². The summed E-state index contributed by atoms with van der Waals surface area (Å²) in [4.78, 5) is 4.88. The molecule has 4 heteroatoms. The van der Waals surface area contributed by atoms with Gasteiger partial charge in [0.1, 0.15) is 0 Å². The maximum absolute atomic E-state index is 4.88. The van der Waals surface area contributed by atoms with Gasteiger partial charge in [0.25, 0.3) is 0 Å². The SMILES string of the molecule is C1=Cc2c(c3ccccc3n2-c2ccc(-c3cncc(-c4cc(-n5c6c(c7ccccc75)C=CCC6)cc(-n5c6ccccc6c6ccccc65)c4)c3)cc2)CC1. The van der Waals surface area contributed by atoms with Crippen LogP contribution in [0.2, 0.25) is 0 Å². The van der Waals surface area contributed by atoms with E-state index in [2.05, 4.69) is 184 Å². The molecule has 0 unspecified atom stereocenters. The minimum atomic E-state index is 1.00. The van der Waals surface area contributed by atoms with E-state index < -0.39 is 0 Å². The maximum Gasteiger partial charge on any atom is 0.0541 e. The third-order valence-corrected chi connectivity index (χ3v) is 12.2. The first-order valence-corrected chi connectivity index (χ1v) is 20.1. The van der Waals surface area contributed by atoms with Gasteiger partial charge < -0.3 is 13.7 Å². The summed E-state index contributed by atoms with van der Waals surface area (Å²) in [5.74, 6) is 0. The van der Waals surface area contributed by atoms with Crippen molar-refractivity contribution in [2.45, 2.75) is 25.7 Å². The van der Waals surface area contributed by atoms with E-state index in [9.17, 15) is 0 Å². The van der Waals surface area contributed by atoms with Crippen LogP contribution in [0, 0.1) is 0 Å². The minimum absolute atomic E-state index is 1.00. The number of pyridine rings is 1. The molecule has 0 saturated carbocycles. The summed E-state index contributed by atoms with van der Waals surface area (Å²) in [6.45, 7) is 0. The summed E-state index contributed by atoms with van der Waals surface area (Å²) in [5.41, 5.74) is 18.2. The summed E-state index contributed by atoms with van der Waals surface area (Å²) < 4.78 is 7.36. The van der Waals surface area contributed by atoms with Crippen LogP contribution in [0.1, 0.15) is 35.4 Å². The molecule has 2 aliphatic rings. The lowest BCUT2D eigenvalue weighted by Crippen LogP contribution is -2.05. The van der Waals surface area contributed by atoms with Gasteiger partial charge in [0, 0.05) is 79.1 Å². The highest BCUT2D eigenvalue weighted by Crippen LogP contribution is 2.40. The Morgan fingerprint density at radius 2 is 0.965 bits per heavy atom. The average Bonchev–Trinajstić information content (AvgIpc) is 3.92. The molecule has 6 aromatic carbocycles. The van der Waals surface area contributed by atoms with Crippen LogP contribution in [0.5, 0.6) is 0 Å². The van der Waals surface area contributed by atoms with E-state index in [-0.39, 0.29) is 0 Å². The van der Waals surface area contributed by atoms with Crippen LogP contribution in [-0.2, 0) is 12.8 Å². The Morgan fingerprint density at radius 1 is 0.404 bits per heavy atom. The van der Waals surface area contributed by atoms with E-state index in [0.29, 0.717) is 0 Å². The van der Waals surface area contributed by atoms with Crippen molar-refractivity contribution in [3.8, 4) is 39.3 Å². The molecule has 0 spiro atoms. The largest absolute Gasteiger partial charge is 0.313 e. The average molecular weight is 731 g/mol. The molecule has 10 aromatic rings. The molecule has 0 radical (unpaired) electrons. The number of aryl methyl sites for hydroxylation is 1. The molecule has 0 saturated heterocycles. The normalized spacial score (nSPS) is 13.5. The number of fused-ring (bicyclic) bond motifs is 9. The summed E-state index contributed by atoms with van der Waals surface area (Å²) in [6.07, 6.45) is 17.4. The van der Waals surface area contributed by atoms with Crippen molar-refractivity contribution in [1.29, 1.82) is 0 Å². The standard InChI is InChI=1S/C53H38N4/c1-7-19-48-42(13-1)43-14-2-8-20-49(43)55(48)39-27-25-35(26-28-39)37-29-38(34-54-33-37)36-30-40(56-50-21-9-3-15-44(50)45-16-4-10-22-51(45)56)32-41(31-36)57-52-23-11-5-17-46(52)47-18-6-12-24-53(47)57/h1,3-11,13,15-23,25-34H,2,12,14,24H2. The van der Waals surface area contributed by atoms with Crippen molar-refractivity contribution in [1.82, 2.24) is 18.7 Å². The maximum atomic E-state index is 4.88. The molecule has 12 rings (SSSR count). The molecule has 0 bridgehead atoms. The van der Waals surface area contributed by atoms with Crippen LogP contribution < -0.4 is 0 Å². The number of hydrogen-bond acceptors (Lipinski definition) is 1. The van der Waals surface area contributed by atoms with E-state index in [0.717, 1.165) is 59.3 Å². The molecule has 270 valence electrons. The summed E-state index contributed by atoms with van der Waals surface area (Å²) >= 11 is 0. The number of allylic oxidation sites excluding steroid dienone is 2. The highest BCUT2D eigenvalue weighted by atomic mass is 15.0. The van der Waals surface area contributed by atoms with Crippen molar-refractivity contribution < 1.29 is 0 Å². The van der Waals surface area contributed by atoms with E-state index in [1.165, 1.54) is 71.8 Å². The van der Waals surface area contributed by atoms with Gasteiger partial charge >= 0.3 is 0 Å². The van der Waals surface area contributed by atoms with Crippen molar-refractivity contribution in [3.05, 3.63) is 193 Å². The Labute approximate surface area is 330 Å². The second-order valence-electron chi connectivity index (χ2n) is 15.4. The molecule has 0 atom stereocenters. The highest BCUT2D eigenvalue weighted by molar-refractivity contribution is 6.09. The van der Waals surface area contributed by atoms with E-state index in [1.807, 2.05) is 12.4 Å². The first-order valence-electron chi connectivity index (χ1n) is 20.1. The zero-order valence-corrected chi connectivity index (χ0v) is 31.4. The lowest BCUT2D eigenvalue weighted by Gasteiger charge is -2.18. The number of benzene rings is 6. The van der Waals surface area contributed by atoms with Gasteiger partial charge in [-0.3, -0.25) is 4.98 Å². The van der Waals surface area contributed by atoms with E-state index in [4.69, 9.17) is 4.98 Å². The third kappa shape index (κ3) is 4.97. The molecule has 0 amide bonds. The summed E-state index contributed by atoms with van der Waals surface area (Å²) in [7, 11) is 0. The third-order valence-electron chi connectivity index (χ3n) is 12.2. The van der Waals surface area contributed by atoms with Crippen LogP contribution in [0.15, 0.2) is 170 Å². The summed E-state index contributed by atoms with van der Waals surface area (Å²) in [5, 5.41) is 5.16. The van der Waals surface area contributed by atoms with Crippen LogP contribution in [0.3, 0.4) is 0 Å². The number of para-hydroxylation sites is 4. The first kappa shape index (κ1) is 32.1. The molecule has 0 N–H and O–H groups in total. The van der Waals surface area contributed by atoms with Gasteiger partial charge in [-0.05, 0) is 109 Å². The van der Waals surface area contributed by atoms with Crippen LogP contribution in [0.25, 0.3) is 95.1 Å². The predicted octanol–water partition coefficient (Wildman–Crippen LogP) is 13.3. The number of nitrogens with zero attached hydrogens (tertiary/aromatic N) is 4. The Morgan fingerprint density at radius 3 is 1.68 bits per heavy atom. The zero-order chi connectivity index (χ0) is 37.5. The lowest BCUT2D eigenvalue weighted by molar-refractivity contribution is 0.888. The molecule has 0 aliphatic heterocycles. The highest BCUT2D eigenvalue weighted by Gasteiger charge is 2.22. The van der Waals surface area contributed by atoms with E-state index >= 15 is 0 Å². The Balaban J connectivity index is 1.03. The Hall–Kier alpha value is -7.17. The van der Waals surface area contributed by atoms with Crippen LogP contribution in [-0.4, -0.2) is 18.7 Å². The second kappa shape index (κ2) is 12.7. The number of hydrogen-bond donors (Lipinski definition) is 0. The van der Waals surface area contributed by atoms with Crippen molar-refractivity contribution in [2.75, 3.05) is 0 Å². The number of aromatic nitrogens is 4. The predicted molar refractivity (Wildman–Crippen MR) is 238 cm³/mol. The van der Waals surface area contributed by atoms with Crippen LogP contribution in [0.4, 0.5) is 0 Å². The molecular formula is C53H38N4. The fourth-order valence-corrected chi connectivity index (χ4v) is 9.71. The molecular weight excluding hydrogens is 693 g/mol. The topological polar surface area (TPSA) is 27.7 Å². The Kier molecular flexibility index (Phi) is 7.15. The van der Waals surface area contributed by atoms with Gasteiger partial charge in [0.15, 0.2) is 0 Å². The first-order chi connectivity index (χ1) is 28.3. The molecule has 4 aromatic heterocycles. The zero-order valence-electron chi connectivity index (χ0n) is 31.4. The quantitative estimate of drug-likeness (QED) is 0.173. The number of rotatable bonds is 5. The Bertz CT molecular complexity index is 3240. The van der Waals surface area contributed by atoms with E-state index in [1.54, 1.807) is 0 Å². The van der Waals surface area contributed by atoms with Gasteiger partial charge in [0.05, 0.1) is 22.1 Å². The fraction of sp³-hybridized carbons (Fsp3) is 0.0755. The van der Waals surface area contributed by atoms with Gasteiger partial charge in [-0.2, -0.15) is 0 Å². The lowest BCUT2D eigenvalue weighted by atomic mass is 10.00. The van der Waals surface area contributed by atoms with Crippen LogP contribution >= 0.6 is 0 Å². The van der Waals surface area contributed by atoms with Gasteiger partial charge in [-0.15, -0.1) is 0 Å². The molecule has 4 heterocycles.